The zero-order valence-electron chi connectivity index (χ0n) is 30.5. The first-order valence-electron chi connectivity index (χ1n) is 17.3. The van der Waals surface area contributed by atoms with Gasteiger partial charge in [0.25, 0.3) is 11.8 Å². The molecule has 2 heterocycles. The highest BCUT2D eigenvalue weighted by Crippen LogP contribution is 2.36. The highest BCUT2D eigenvalue weighted by Gasteiger charge is 2.43. The van der Waals surface area contributed by atoms with Crippen LogP contribution in [0.1, 0.15) is 91.6 Å². The smallest absolute Gasteiger partial charge is 0.414 e. The van der Waals surface area contributed by atoms with E-state index in [2.05, 4.69) is 24.4 Å². The lowest BCUT2D eigenvalue weighted by atomic mass is 10.0. The standard InChI is InChI=1S/C36H49F3N4O6SSi/c1-22(49-23(2)36(37,38)39)31(41-50(46)35(3,4)5)32-40-28-19-24(13-16-29(28)42(32)21-47-17-18-51(6,7)8)30(20-48-25-14-15-25)43-33(44)26-11-9-10-12-27(26)34(43)45/h9-13,16,19,22-23,25,30-31,41H,14-15,17-18,20-21H2,1-8H3/t22-,23+,30-,31+,50-/m1/s1. The SMILES string of the molecule is C[C@H](O[C@H](C)[C@H](N[S@+]([O-])C(C)(C)C)c1nc2cc([C@@H](COC3CC3)N3C(=O)c4ccccc4C3=O)ccc2n1COCC[Si](C)(C)C)C(F)(F)F. The van der Waals surface area contributed by atoms with Gasteiger partial charge in [0.05, 0.1) is 47.0 Å². The van der Waals surface area contributed by atoms with Crippen LogP contribution in [0.2, 0.25) is 25.7 Å². The molecule has 3 aromatic rings. The minimum Gasteiger partial charge on any atom is -0.598 e. The van der Waals surface area contributed by atoms with Crippen LogP contribution in [0.15, 0.2) is 42.5 Å². The van der Waals surface area contributed by atoms with Crippen molar-refractivity contribution in [3.05, 3.63) is 65.0 Å². The number of hydrogen-bond acceptors (Lipinski definition) is 8. The van der Waals surface area contributed by atoms with E-state index in [4.69, 9.17) is 19.2 Å². The Morgan fingerprint density at radius 3 is 2.22 bits per heavy atom. The molecule has 5 rings (SSSR count). The Labute approximate surface area is 301 Å². The molecule has 51 heavy (non-hydrogen) atoms. The van der Waals surface area contributed by atoms with Crippen LogP contribution in [0.4, 0.5) is 13.2 Å². The van der Waals surface area contributed by atoms with E-state index in [9.17, 15) is 27.3 Å². The van der Waals surface area contributed by atoms with Gasteiger partial charge in [-0.3, -0.25) is 14.5 Å². The molecule has 1 aliphatic carbocycles. The second-order valence-electron chi connectivity index (χ2n) is 15.6. The Morgan fingerprint density at radius 2 is 1.67 bits per heavy atom. The predicted molar refractivity (Wildman–Crippen MR) is 192 cm³/mol. The molecule has 2 amide bonds. The number of benzene rings is 2. The molecule has 15 heteroatoms. The molecule has 1 fully saturated rings. The summed E-state index contributed by atoms with van der Waals surface area (Å²) < 4.78 is 76.3. The lowest BCUT2D eigenvalue weighted by Crippen LogP contribution is -2.47. The van der Waals surface area contributed by atoms with Gasteiger partial charge in [-0.1, -0.05) is 37.8 Å². The number of imidazole rings is 1. The normalized spacial score (nSPS) is 18.6. The highest BCUT2D eigenvalue weighted by molar-refractivity contribution is 7.90. The maximum absolute atomic E-state index is 13.7. The third kappa shape index (κ3) is 9.42. The molecule has 1 aliphatic heterocycles. The van der Waals surface area contributed by atoms with Crippen LogP contribution in [0.5, 0.6) is 0 Å². The maximum Gasteiger partial charge on any atom is 0.414 e. The number of nitrogens with one attached hydrogen (secondary N) is 1. The number of ether oxygens (including phenoxy) is 3. The van der Waals surface area contributed by atoms with Gasteiger partial charge < -0.3 is 23.3 Å². The number of aromatic nitrogens is 2. The summed E-state index contributed by atoms with van der Waals surface area (Å²) in [6.45, 7) is 15.0. The molecule has 280 valence electrons. The molecular weight excluding hydrogens is 702 g/mol. The summed E-state index contributed by atoms with van der Waals surface area (Å²) in [5.74, 6) is -0.553. The molecule has 0 spiro atoms. The molecule has 2 aromatic carbocycles. The zero-order valence-corrected chi connectivity index (χ0v) is 32.3. The number of alkyl halides is 3. The summed E-state index contributed by atoms with van der Waals surface area (Å²) in [5, 5.41) is 0. The molecule has 0 unspecified atom stereocenters. The molecule has 1 N–H and O–H groups in total. The average molecular weight is 751 g/mol. The zero-order chi connectivity index (χ0) is 37.5. The molecule has 5 atom stereocenters. The Balaban J connectivity index is 1.58. The van der Waals surface area contributed by atoms with E-state index in [1.807, 2.05) is 0 Å². The number of fused-ring (bicyclic) bond motifs is 2. The van der Waals surface area contributed by atoms with Crippen molar-refractivity contribution in [3.8, 4) is 0 Å². The van der Waals surface area contributed by atoms with E-state index in [-0.39, 0.29) is 25.3 Å². The second kappa shape index (κ2) is 15.3. The van der Waals surface area contributed by atoms with Gasteiger partial charge in [0.15, 0.2) is 6.10 Å². The molecule has 1 aromatic heterocycles. The minimum atomic E-state index is -4.61. The molecule has 0 bridgehead atoms. The van der Waals surface area contributed by atoms with Gasteiger partial charge in [0.1, 0.15) is 23.3 Å². The van der Waals surface area contributed by atoms with Gasteiger partial charge in [-0.2, -0.15) is 13.2 Å². The van der Waals surface area contributed by atoms with Crippen LogP contribution in [-0.4, -0.2) is 81.3 Å². The number of carbonyl (C=O) groups excluding carboxylic acids is 2. The van der Waals surface area contributed by atoms with Gasteiger partial charge in [0, 0.05) is 26.0 Å². The van der Waals surface area contributed by atoms with Gasteiger partial charge in [-0.15, -0.1) is 4.72 Å². The predicted octanol–water partition coefficient (Wildman–Crippen LogP) is 7.31. The third-order valence-electron chi connectivity index (χ3n) is 8.97. The molecule has 10 nitrogen and oxygen atoms in total. The van der Waals surface area contributed by atoms with Crippen LogP contribution in [0, 0.1) is 0 Å². The summed E-state index contributed by atoms with van der Waals surface area (Å²) in [5.41, 5.74) is 2.31. The van der Waals surface area contributed by atoms with Gasteiger partial charge in [-0.25, -0.2) is 4.98 Å². The van der Waals surface area contributed by atoms with E-state index < -0.39 is 66.5 Å². The molecular formula is C36H49F3N4O6SSi. The molecule has 2 aliphatic rings. The minimum absolute atomic E-state index is 0.0319. The van der Waals surface area contributed by atoms with E-state index in [1.54, 1.807) is 67.8 Å². The van der Waals surface area contributed by atoms with Crippen LogP contribution in [-0.2, 0) is 32.3 Å². The fourth-order valence-electron chi connectivity index (χ4n) is 5.68. The Morgan fingerprint density at radius 1 is 1.04 bits per heavy atom. The van der Waals surface area contributed by atoms with Gasteiger partial charge in [0.2, 0.25) is 0 Å². The van der Waals surface area contributed by atoms with Crippen LogP contribution < -0.4 is 4.72 Å². The topological polar surface area (TPSA) is 118 Å². The molecule has 0 saturated heterocycles. The van der Waals surface area contributed by atoms with Crippen molar-refractivity contribution < 1.29 is 41.5 Å². The summed E-state index contributed by atoms with van der Waals surface area (Å²) in [6.07, 6.45) is -5.97. The summed E-state index contributed by atoms with van der Waals surface area (Å²) in [4.78, 5) is 33.4. The fourth-order valence-corrected chi connectivity index (χ4v) is 7.32. The monoisotopic (exact) mass is 750 g/mol. The van der Waals surface area contributed by atoms with Crippen molar-refractivity contribution >= 4 is 42.3 Å². The van der Waals surface area contributed by atoms with Crippen molar-refractivity contribution in [2.24, 2.45) is 0 Å². The Hall–Kier alpha value is -2.79. The number of carbonyl (C=O) groups is 2. The number of nitrogens with zero attached hydrogens (tertiary/aromatic N) is 3. The number of hydrogen-bond donors (Lipinski definition) is 1. The van der Waals surface area contributed by atoms with Crippen molar-refractivity contribution in [2.45, 2.75) is 121 Å². The summed E-state index contributed by atoms with van der Waals surface area (Å²) in [6, 6.07) is 11.1. The lowest BCUT2D eigenvalue weighted by molar-refractivity contribution is -0.227. The summed E-state index contributed by atoms with van der Waals surface area (Å²) >= 11 is -1.71. The molecule has 1 saturated carbocycles. The van der Waals surface area contributed by atoms with Crippen molar-refractivity contribution in [2.75, 3.05) is 13.2 Å². The first-order chi connectivity index (χ1) is 23.8. The first-order valence-corrected chi connectivity index (χ1v) is 22.2. The van der Waals surface area contributed by atoms with Crippen LogP contribution >= 0.6 is 0 Å². The van der Waals surface area contributed by atoms with Crippen LogP contribution in [0.25, 0.3) is 11.0 Å². The Kier molecular flexibility index (Phi) is 11.8. The first kappa shape index (κ1) is 39.4. The highest BCUT2D eigenvalue weighted by atomic mass is 32.2. The number of rotatable bonds is 16. The summed E-state index contributed by atoms with van der Waals surface area (Å²) in [7, 11) is -1.45. The van der Waals surface area contributed by atoms with E-state index in [0.29, 0.717) is 34.3 Å². The lowest BCUT2D eigenvalue weighted by Gasteiger charge is -2.32. The van der Waals surface area contributed by atoms with E-state index >= 15 is 0 Å². The number of halogens is 3. The Bertz CT molecular complexity index is 1690. The quantitative estimate of drug-likeness (QED) is 0.0701. The van der Waals surface area contributed by atoms with Crippen LogP contribution in [0.3, 0.4) is 0 Å². The van der Waals surface area contributed by atoms with E-state index in [0.717, 1.165) is 25.8 Å². The van der Waals surface area contributed by atoms with Gasteiger partial charge >= 0.3 is 6.18 Å². The maximum atomic E-state index is 13.7. The number of imide groups is 1. The fraction of sp³-hybridized carbons (Fsp3) is 0.583. The van der Waals surface area contributed by atoms with Crippen molar-refractivity contribution in [1.82, 2.24) is 19.2 Å². The molecule has 0 radical (unpaired) electrons. The van der Waals surface area contributed by atoms with Crippen molar-refractivity contribution in [3.63, 3.8) is 0 Å². The third-order valence-corrected chi connectivity index (χ3v) is 12.3. The van der Waals surface area contributed by atoms with E-state index in [1.165, 1.54) is 11.8 Å². The second-order valence-corrected chi connectivity index (χ2v) is 23.2. The van der Waals surface area contributed by atoms with Gasteiger partial charge in [-0.05, 0) is 83.3 Å². The average Bonchev–Trinajstić information content (AvgIpc) is 3.75. The number of amides is 2. The largest absolute Gasteiger partial charge is 0.598 e. The van der Waals surface area contributed by atoms with Crippen molar-refractivity contribution in [1.29, 1.82) is 0 Å².